The summed E-state index contributed by atoms with van der Waals surface area (Å²) in [5.74, 6) is 1.59. The Hall–Kier alpha value is -0.910. The number of imidazole rings is 1. The van der Waals surface area contributed by atoms with Crippen molar-refractivity contribution in [1.82, 2.24) is 14.5 Å². The first-order chi connectivity index (χ1) is 10.2. The van der Waals surface area contributed by atoms with Gasteiger partial charge in [-0.2, -0.15) is 0 Å². The summed E-state index contributed by atoms with van der Waals surface area (Å²) >= 11 is 11.2. The molecule has 3 nitrogen and oxygen atoms in total. The van der Waals surface area contributed by atoms with E-state index in [1.807, 2.05) is 18.3 Å². The number of hydrogen-bond acceptors (Lipinski definition) is 3. The first kappa shape index (κ1) is 15.0. The van der Waals surface area contributed by atoms with Crippen LogP contribution in [0.25, 0.3) is 11.0 Å². The van der Waals surface area contributed by atoms with Crippen molar-refractivity contribution >= 4 is 49.9 Å². The standard InChI is InChI=1S/C15H15BrClN3S/c1-2-11-8-18-15(21-11)9-20-13-4-3-10(16)7-12(13)19-14(20)5-6-17/h3-4,7-8H,2,5-6,9H2,1H3. The van der Waals surface area contributed by atoms with Crippen LogP contribution < -0.4 is 0 Å². The Morgan fingerprint density at radius 2 is 2.24 bits per heavy atom. The van der Waals surface area contributed by atoms with Gasteiger partial charge in [0.15, 0.2) is 0 Å². The molecule has 0 aliphatic heterocycles. The second kappa shape index (κ2) is 6.46. The molecule has 0 saturated carbocycles. The van der Waals surface area contributed by atoms with Crippen LogP contribution in [0.4, 0.5) is 0 Å². The molecule has 0 aliphatic carbocycles. The van der Waals surface area contributed by atoms with Gasteiger partial charge < -0.3 is 4.57 Å². The lowest BCUT2D eigenvalue weighted by atomic mass is 10.3. The predicted octanol–water partition coefficient (Wildman–Crippen LogP) is 4.65. The summed E-state index contributed by atoms with van der Waals surface area (Å²) < 4.78 is 3.27. The Morgan fingerprint density at radius 1 is 1.38 bits per heavy atom. The summed E-state index contributed by atoms with van der Waals surface area (Å²) in [6, 6.07) is 6.19. The van der Waals surface area contributed by atoms with Crippen molar-refractivity contribution in [2.75, 3.05) is 5.88 Å². The number of halogens is 2. The monoisotopic (exact) mass is 383 g/mol. The van der Waals surface area contributed by atoms with Crippen LogP contribution in [0.3, 0.4) is 0 Å². The third-order valence-electron chi connectivity index (χ3n) is 3.35. The zero-order valence-electron chi connectivity index (χ0n) is 11.6. The second-order valence-corrected chi connectivity index (χ2v) is 7.25. The molecular formula is C15H15BrClN3S. The van der Waals surface area contributed by atoms with E-state index in [4.69, 9.17) is 16.6 Å². The van der Waals surface area contributed by atoms with E-state index in [1.54, 1.807) is 11.3 Å². The molecule has 0 bridgehead atoms. The van der Waals surface area contributed by atoms with Gasteiger partial charge in [-0.05, 0) is 24.6 Å². The zero-order chi connectivity index (χ0) is 14.8. The first-order valence-corrected chi connectivity index (χ1v) is 9.00. The lowest BCUT2D eigenvalue weighted by Gasteiger charge is -2.06. The third-order valence-corrected chi connectivity index (χ3v) is 5.16. The van der Waals surface area contributed by atoms with Crippen LogP contribution in [0.5, 0.6) is 0 Å². The normalized spacial score (nSPS) is 11.4. The number of rotatable bonds is 5. The van der Waals surface area contributed by atoms with Crippen LogP contribution in [0.15, 0.2) is 28.9 Å². The molecule has 0 unspecified atom stereocenters. The van der Waals surface area contributed by atoms with Gasteiger partial charge in [0.05, 0.1) is 17.6 Å². The molecule has 3 rings (SSSR count). The Morgan fingerprint density at radius 3 is 2.95 bits per heavy atom. The largest absolute Gasteiger partial charge is 0.321 e. The minimum Gasteiger partial charge on any atom is -0.321 e. The summed E-state index contributed by atoms with van der Waals surface area (Å²) in [5, 5.41) is 1.12. The summed E-state index contributed by atoms with van der Waals surface area (Å²) in [6.45, 7) is 2.91. The lowest BCUT2D eigenvalue weighted by molar-refractivity contribution is 0.750. The maximum Gasteiger partial charge on any atom is 0.113 e. The number of hydrogen-bond donors (Lipinski definition) is 0. The fraction of sp³-hybridized carbons (Fsp3) is 0.333. The minimum atomic E-state index is 0.572. The predicted molar refractivity (Wildman–Crippen MR) is 92.5 cm³/mol. The number of aryl methyl sites for hydroxylation is 2. The molecule has 0 atom stereocenters. The molecular weight excluding hydrogens is 370 g/mol. The van der Waals surface area contributed by atoms with E-state index >= 15 is 0 Å². The van der Waals surface area contributed by atoms with Gasteiger partial charge in [-0.25, -0.2) is 9.97 Å². The molecule has 2 heterocycles. The van der Waals surface area contributed by atoms with Crippen LogP contribution in [-0.4, -0.2) is 20.4 Å². The van der Waals surface area contributed by atoms with E-state index in [1.165, 1.54) is 4.88 Å². The number of alkyl halides is 1. The molecule has 0 saturated heterocycles. The molecule has 2 aromatic heterocycles. The highest BCUT2D eigenvalue weighted by Crippen LogP contribution is 2.24. The topological polar surface area (TPSA) is 30.7 Å². The average molecular weight is 385 g/mol. The molecule has 0 N–H and O–H groups in total. The summed E-state index contributed by atoms with van der Waals surface area (Å²) in [7, 11) is 0. The molecule has 0 spiro atoms. The van der Waals surface area contributed by atoms with Crippen molar-refractivity contribution < 1.29 is 0 Å². The van der Waals surface area contributed by atoms with Crippen molar-refractivity contribution in [3.8, 4) is 0 Å². The summed E-state index contributed by atoms with van der Waals surface area (Å²) in [6.07, 6.45) is 3.76. The third kappa shape index (κ3) is 3.15. The maximum atomic E-state index is 5.92. The maximum absolute atomic E-state index is 5.92. The van der Waals surface area contributed by atoms with E-state index in [0.29, 0.717) is 5.88 Å². The highest BCUT2D eigenvalue weighted by Gasteiger charge is 2.12. The average Bonchev–Trinajstić information content (AvgIpc) is 3.05. The van der Waals surface area contributed by atoms with E-state index in [-0.39, 0.29) is 0 Å². The number of benzene rings is 1. The van der Waals surface area contributed by atoms with Gasteiger partial charge in [0, 0.05) is 27.8 Å². The molecule has 0 fully saturated rings. The second-order valence-electron chi connectivity index (χ2n) is 4.76. The van der Waals surface area contributed by atoms with Gasteiger partial charge in [0.25, 0.3) is 0 Å². The van der Waals surface area contributed by atoms with E-state index in [0.717, 1.165) is 45.7 Å². The van der Waals surface area contributed by atoms with Crippen molar-refractivity contribution in [2.24, 2.45) is 0 Å². The van der Waals surface area contributed by atoms with Crippen molar-refractivity contribution in [3.63, 3.8) is 0 Å². The van der Waals surface area contributed by atoms with Crippen molar-refractivity contribution in [3.05, 3.63) is 44.6 Å². The van der Waals surface area contributed by atoms with Crippen LogP contribution in [0, 0.1) is 0 Å². The first-order valence-electron chi connectivity index (χ1n) is 6.85. The molecule has 21 heavy (non-hydrogen) atoms. The smallest absolute Gasteiger partial charge is 0.113 e. The number of nitrogens with zero attached hydrogens (tertiary/aromatic N) is 3. The molecule has 110 valence electrons. The van der Waals surface area contributed by atoms with Crippen LogP contribution in [0.1, 0.15) is 22.6 Å². The molecule has 0 aliphatic rings. The van der Waals surface area contributed by atoms with Gasteiger partial charge in [-0.3, -0.25) is 0 Å². The highest BCUT2D eigenvalue weighted by molar-refractivity contribution is 9.10. The number of aromatic nitrogens is 3. The molecule has 3 aromatic rings. The van der Waals surface area contributed by atoms with Gasteiger partial charge in [0.1, 0.15) is 10.8 Å². The van der Waals surface area contributed by atoms with Gasteiger partial charge in [-0.15, -0.1) is 22.9 Å². The lowest BCUT2D eigenvalue weighted by Crippen LogP contribution is -2.05. The van der Waals surface area contributed by atoms with E-state index in [2.05, 4.69) is 38.5 Å². The Kier molecular flexibility index (Phi) is 4.62. The Labute approximate surface area is 141 Å². The highest BCUT2D eigenvalue weighted by atomic mass is 79.9. The fourth-order valence-electron chi connectivity index (χ4n) is 2.32. The van der Waals surface area contributed by atoms with Gasteiger partial charge >= 0.3 is 0 Å². The quantitative estimate of drug-likeness (QED) is 0.600. The van der Waals surface area contributed by atoms with E-state index in [9.17, 15) is 0 Å². The molecule has 6 heteroatoms. The summed E-state index contributed by atoms with van der Waals surface area (Å²) in [5.41, 5.74) is 2.13. The minimum absolute atomic E-state index is 0.572. The fourth-order valence-corrected chi connectivity index (χ4v) is 3.69. The molecule has 0 amide bonds. The molecule has 0 radical (unpaired) electrons. The molecule has 1 aromatic carbocycles. The zero-order valence-corrected chi connectivity index (χ0v) is 14.8. The van der Waals surface area contributed by atoms with Gasteiger partial charge in [-0.1, -0.05) is 22.9 Å². The van der Waals surface area contributed by atoms with Crippen LogP contribution in [-0.2, 0) is 19.4 Å². The summed E-state index contributed by atoms with van der Waals surface area (Å²) in [4.78, 5) is 10.5. The Bertz CT molecular complexity index is 765. The SMILES string of the molecule is CCc1cnc(Cn2c(CCCl)nc3cc(Br)ccc32)s1. The Balaban J connectivity index is 2.03. The van der Waals surface area contributed by atoms with Crippen molar-refractivity contribution in [1.29, 1.82) is 0 Å². The van der Waals surface area contributed by atoms with E-state index < -0.39 is 0 Å². The van der Waals surface area contributed by atoms with Crippen molar-refractivity contribution in [2.45, 2.75) is 26.3 Å². The van der Waals surface area contributed by atoms with Gasteiger partial charge in [0.2, 0.25) is 0 Å². The van der Waals surface area contributed by atoms with Crippen LogP contribution >= 0.6 is 38.9 Å². The number of thiazole rings is 1. The van der Waals surface area contributed by atoms with Crippen LogP contribution in [0.2, 0.25) is 0 Å². The number of fused-ring (bicyclic) bond motifs is 1.